The maximum Gasteiger partial charge on any atom is 0.410 e. The van der Waals surface area contributed by atoms with Crippen molar-refractivity contribution in [2.75, 3.05) is 7.11 Å². The van der Waals surface area contributed by atoms with Crippen LogP contribution < -0.4 is 4.74 Å². The normalized spacial score (nSPS) is 22.3. The lowest BCUT2D eigenvalue weighted by molar-refractivity contribution is -0.0691. The maximum absolute atomic E-state index is 13.1. The summed E-state index contributed by atoms with van der Waals surface area (Å²) in [5.41, 5.74) is 1.37. The van der Waals surface area contributed by atoms with Gasteiger partial charge >= 0.3 is 6.09 Å². The summed E-state index contributed by atoms with van der Waals surface area (Å²) < 4.78 is 16.8. The lowest BCUT2D eigenvalue weighted by atomic mass is 9.97. The zero-order valence-corrected chi connectivity index (χ0v) is 18.3. The monoisotopic (exact) mass is 400 g/mol. The molecule has 2 heterocycles. The lowest BCUT2D eigenvalue weighted by Gasteiger charge is -2.39. The van der Waals surface area contributed by atoms with Gasteiger partial charge in [0.15, 0.2) is 0 Å². The number of fused-ring (bicyclic) bond motifs is 1. The number of hydrogen-bond donors (Lipinski definition) is 0. The van der Waals surface area contributed by atoms with Gasteiger partial charge in [-0.15, -0.1) is 0 Å². The van der Waals surface area contributed by atoms with E-state index in [1.165, 1.54) is 0 Å². The van der Waals surface area contributed by atoms with Gasteiger partial charge in [0.05, 0.1) is 24.8 Å². The van der Waals surface area contributed by atoms with Gasteiger partial charge in [-0.1, -0.05) is 6.07 Å². The van der Waals surface area contributed by atoms with E-state index in [1.807, 2.05) is 49.9 Å². The first-order chi connectivity index (χ1) is 13.6. The second-order valence-electron chi connectivity index (χ2n) is 8.87. The van der Waals surface area contributed by atoms with Crippen LogP contribution in [0.4, 0.5) is 4.79 Å². The molecular weight excluding hydrogens is 368 g/mol. The summed E-state index contributed by atoms with van der Waals surface area (Å²) in [7, 11) is 1.61. The first kappa shape index (κ1) is 21.4. The summed E-state index contributed by atoms with van der Waals surface area (Å²) in [4.78, 5) is 19.4. The van der Waals surface area contributed by atoms with E-state index in [2.05, 4.69) is 24.9 Å². The van der Waals surface area contributed by atoms with Gasteiger partial charge in [0.25, 0.3) is 0 Å². The van der Waals surface area contributed by atoms with Crippen LogP contribution in [0.25, 0.3) is 10.9 Å². The second kappa shape index (κ2) is 8.57. The molecule has 0 bridgehead atoms. The molecule has 0 spiro atoms. The smallest absolute Gasteiger partial charge is 0.410 e. The predicted octanol–water partition coefficient (Wildman–Crippen LogP) is 4.94. The molecule has 1 fully saturated rings. The molecule has 6 heteroatoms. The van der Waals surface area contributed by atoms with Crippen molar-refractivity contribution in [2.45, 2.75) is 77.9 Å². The van der Waals surface area contributed by atoms with Gasteiger partial charge in [-0.2, -0.15) is 0 Å². The van der Waals surface area contributed by atoms with Crippen LogP contribution in [0, 0.1) is 0 Å². The van der Waals surface area contributed by atoms with E-state index in [0.29, 0.717) is 12.4 Å². The van der Waals surface area contributed by atoms with E-state index in [1.54, 1.807) is 7.11 Å². The Morgan fingerprint density at radius 2 is 1.86 bits per heavy atom. The number of aromatic nitrogens is 1. The van der Waals surface area contributed by atoms with Gasteiger partial charge in [-0.05, 0) is 71.2 Å². The molecule has 0 radical (unpaired) electrons. The summed E-state index contributed by atoms with van der Waals surface area (Å²) >= 11 is 0. The maximum atomic E-state index is 13.1. The minimum atomic E-state index is -0.540. The Morgan fingerprint density at radius 3 is 2.48 bits per heavy atom. The van der Waals surface area contributed by atoms with Crippen molar-refractivity contribution in [1.29, 1.82) is 0 Å². The van der Waals surface area contributed by atoms with E-state index >= 15 is 0 Å². The molecule has 158 valence electrons. The largest absolute Gasteiger partial charge is 0.481 e. The molecule has 1 aromatic heterocycles. The standard InChI is InChI=1S/C23H32N2O4/c1-15-11-19(12-16(2)28-15)25(22(26)29-23(3,4)5)14-17-7-9-20-18(13-17)8-10-21(24-20)27-6/h7-10,13,15-16,19H,11-12,14H2,1-6H3/t15-,16+,19?. The Labute approximate surface area is 173 Å². The third kappa shape index (κ3) is 5.60. The number of hydrogen-bond acceptors (Lipinski definition) is 5. The first-order valence-electron chi connectivity index (χ1n) is 10.2. The summed E-state index contributed by atoms with van der Waals surface area (Å²) in [6, 6.07) is 9.97. The van der Waals surface area contributed by atoms with E-state index < -0.39 is 5.60 Å². The average molecular weight is 401 g/mol. The van der Waals surface area contributed by atoms with Crippen LogP contribution in [0.3, 0.4) is 0 Å². The molecule has 3 rings (SSSR count). The molecule has 1 amide bonds. The fraction of sp³-hybridized carbons (Fsp3) is 0.565. The van der Waals surface area contributed by atoms with Gasteiger partial charge in [-0.25, -0.2) is 9.78 Å². The molecule has 29 heavy (non-hydrogen) atoms. The van der Waals surface area contributed by atoms with Crippen LogP contribution in [-0.2, 0) is 16.0 Å². The van der Waals surface area contributed by atoms with Crippen molar-refractivity contribution >= 4 is 17.0 Å². The number of methoxy groups -OCH3 is 1. The second-order valence-corrected chi connectivity index (χ2v) is 8.87. The highest BCUT2D eigenvalue weighted by molar-refractivity contribution is 5.80. The topological polar surface area (TPSA) is 60.9 Å². The molecule has 0 aliphatic carbocycles. The van der Waals surface area contributed by atoms with Gasteiger partial charge < -0.3 is 19.1 Å². The summed E-state index contributed by atoms with van der Waals surface area (Å²) in [6.07, 6.45) is 1.55. The van der Waals surface area contributed by atoms with Crippen LogP contribution in [-0.4, -0.2) is 46.9 Å². The molecule has 1 aromatic carbocycles. The number of ether oxygens (including phenoxy) is 3. The third-order valence-corrected chi connectivity index (χ3v) is 5.03. The minimum absolute atomic E-state index is 0.0771. The van der Waals surface area contributed by atoms with Crippen molar-refractivity contribution in [1.82, 2.24) is 9.88 Å². The zero-order chi connectivity index (χ0) is 21.2. The summed E-state index contributed by atoms with van der Waals surface area (Å²) in [6.45, 7) is 10.3. The van der Waals surface area contributed by atoms with Crippen LogP contribution >= 0.6 is 0 Å². The van der Waals surface area contributed by atoms with E-state index in [9.17, 15) is 4.79 Å². The molecule has 3 atom stereocenters. The van der Waals surface area contributed by atoms with Crippen molar-refractivity contribution in [3.05, 3.63) is 35.9 Å². The quantitative estimate of drug-likeness (QED) is 0.728. The highest BCUT2D eigenvalue weighted by Crippen LogP contribution is 2.27. The first-order valence-corrected chi connectivity index (χ1v) is 10.2. The van der Waals surface area contributed by atoms with Crippen molar-refractivity contribution in [3.8, 4) is 5.88 Å². The minimum Gasteiger partial charge on any atom is -0.481 e. The van der Waals surface area contributed by atoms with Gasteiger partial charge in [0, 0.05) is 24.0 Å². The van der Waals surface area contributed by atoms with Gasteiger partial charge in [0.1, 0.15) is 5.60 Å². The zero-order valence-electron chi connectivity index (χ0n) is 18.3. The molecule has 0 N–H and O–H groups in total. The Morgan fingerprint density at radius 1 is 1.17 bits per heavy atom. The van der Waals surface area contributed by atoms with Crippen molar-refractivity contribution < 1.29 is 19.0 Å². The Hall–Kier alpha value is -2.34. The van der Waals surface area contributed by atoms with Crippen LogP contribution in [0.15, 0.2) is 30.3 Å². The number of pyridine rings is 1. The van der Waals surface area contributed by atoms with Crippen LogP contribution in [0.1, 0.15) is 53.0 Å². The highest BCUT2D eigenvalue weighted by atomic mass is 16.6. The van der Waals surface area contributed by atoms with Gasteiger partial charge in [0.2, 0.25) is 5.88 Å². The molecule has 1 aliphatic heterocycles. The van der Waals surface area contributed by atoms with E-state index in [-0.39, 0.29) is 24.3 Å². The average Bonchev–Trinajstić information content (AvgIpc) is 2.63. The van der Waals surface area contributed by atoms with E-state index in [4.69, 9.17) is 14.2 Å². The number of rotatable bonds is 4. The molecule has 1 saturated heterocycles. The molecule has 0 saturated carbocycles. The van der Waals surface area contributed by atoms with Gasteiger partial charge in [-0.3, -0.25) is 0 Å². The number of carbonyl (C=O) groups excluding carboxylic acids is 1. The van der Waals surface area contributed by atoms with Crippen LogP contribution in [0.2, 0.25) is 0 Å². The number of amides is 1. The number of nitrogens with zero attached hydrogens (tertiary/aromatic N) is 2. The fourth-order valence-corrected chi connectivity index (χ4v) is 3.85. The fourth-order valence-electron chi connectivity index (χ4n) is 3.85. The highest BCUT2D eigenvalue weighted by Gasteiger charge is 2.34. The Kier molecular flexibility index (Phi) is 6.32. The molecule has 6 nitrogen and oxygen atoms in total. The van der Waals surface area contributed by atoms with Crippen molar-refractivity contribution in [2.24, 2.45) is 0 Å². The SMILES string of the molecule is COc1ccc2cc(CN(C(=O)OC(C)(C)C)C3C[C@@H](C)O[C@@H](C)C3)ccc2n1. The predicted molar refractivity (Wildman–Crippen MR) is 113 cm³/mol. The lowest BCUT2D eigenvalue weighted by Crippen LogP contribution is -2.48. The Bertz CT molecular complexity index is 852. The Balaban J connectivity index is 1.87. The van der Waals surface area contributed by atoms with E-state index in [0.717, 1.165) is 29.3 Å². The third-order valence-electron chi connectivity index (χ3n) is 5.03. The van der Waals surface area contributed by atoms with Crippen molar-refractivity contribution in [3.63, 3.8) is 0 Å². The molecule has 1 aliphatic rings. The van der Waals surface area contributed by atoms with Crippen LogP contribution in [0.5, 0.6) is 5.88 Å². The molecule has 1 unspecified atom stereocenters. The summed E-state index contributed by atoms with van der Waals surface area (Å²) in [5, 5.41) is 1.01. The number of benzene rings is 1. The molecule has 2 aromatic rings. The summed E-state index contributed by atoms with van der Waals surface area (Å²) in [5.74, 6) is 0.589. The molecular formula is C23H32N2O4. The number of carbonyl (C=O) groups is 1.